The summed E-state index contributed by atoms with van der Waals surface area (Å²) in [6.07, 6.45) is 1.28. The molecule has 0 fully saturated rings. The summed E-state index contributed by atoms with van der Waals surface area (Å²) in [5.41, 5.74) is 0. The molecule has 0 amide bonds. The molecule has 0 atom stereocenters. The van der Waals surface area contributed by atoms with E-state index in [0.29, 0.717) is 0 Å². The minimum atomic E-state index is 1.02. The van der Waals surface area contributed by atoms with Crippen LogP contribution in [0.2, 0.25) is 0 Å². The Bertz CT molecular complexity index is 15.9. The van der Waals surface area contributed by atoms with Crippen LogP contribution in [-0.2, 0) is 0 Å². The summed E-state index contributed by atoms with van der Waals surface area (Å²) in [7, 11) is 0. The minimum absolute atomic E-state index is 1.02. The van der Waals surface area contributed by atoms with E-state index in [1.807, 2.05) is 11.8 Å². The molecule has 0 nitrogen and oxygen atoms in total. The molecular weight excluding hydrogens is 92.1 g/mol. The Morgan fingerprint density at radius 3 is 2.50 bits per heavy atom. The van der Waals surface area contributed by atoms with Gasteiger partial charge in [0.1, 0.15) is 0 Å². The first-order chi connectivity index (χ1) is 2.91. The van der Waals surface area contributed by atoms with Crippen molar-refractivity contribution in [2.75, 3.05) is 11.5 Å². The Morgan fingerprint density at radius 1 is 1.67 bits per heavy atom. The molecule has 0 heterocycles. The maximum atomic E-state index is 3.69. The van der Waals surface area contributed by atoms with E-state index in [1.165, 1.54) is 12.2 Å². The zero-order valence-corrected chi connectivity index (χ0v) is 5.05. The molecular formula is C5H11S. The summed E-state index contributed by atoms with van der Waals surface area (Å²) < 4.78 is 0. The predicted octanol–water partition coefficient (Wildman–Crippen LogP) is 1.96. The van der Waals surface area contributed by atoms with Crippen LogP contribution in [0.25, 0.3) is 0 Å². The Morgan fingerprint density at radius 2 is 2.33 bits per heavy atom. The summed E-state index contributed by atoms with van der Waals surface area (Å²) in [4.78, 5) is 0. The highest BCUT2D eigenvalue weighted by Crippen LogP contribution is 1.97. The fourth-order valence-electron chi connectivity index (χ4n) is 0.246. The number of rotatable bonds is 3. The molecule has 0 saturated heterocycles. The Hall–Kier alpha value is 0.350. The molecule has 0 rings (SSSR count). The second kappa shape index (κ2) is 5.35. The molecule has 6 heavy (non-hydrogen) atoms. The Balaban J connectivity index is 2.34. The van der Waals surface area contributed by atoms with Crippen molar-refractivity contribution in [2.45, 2.75) is 13.3 Å². The Kier molecular flexibility index (Phi) is 5.66. The monoisotopic (exact) mass is 103 g/mol. The van der Waals surface area contributed by atoms with Crippen LogP contribution in [0.15, 0.2) is 0 Å². The zero-order valence-electron chi connectivity index (χ0n) is 4.24. The van der Waals surface area contributed by atoms with Crippen molar-refractivity contribution in [1.29, 1.82) is 0 Å². The van der Waals surface area contributed by atoms with Crippen molar-refractivity contribution in [2.24, 2.45) is 0 Å². The van der Waals surface area contributed by atoms with Crippen LogP contribution < -0.4 is 0 Å². The lowest BCUT2D eigenvalue weighted by molar-refractivity contribution is 1.11. The van der Waals surface area contributed by atoms with Crippen LogP contribution in [0.1, 0.15) is 13.3 Å². The van der Waals surface area contributed by atoms with Gasteiger partial charge in [-0.05, 0) is 24.9 Å². The van der Waals surface area contributed by atoms with Gasteiger partial charge >= 0.3 is 0 Å². The van der Waals surface area contributed by atoms with E-state index in [4.69, 9.17) is 0 Å². The molecule has 0 aliphatic carbocycles. The number of thioether (sulfide) groups is 1. The lowest BCUT2D eigenvalue weighted by atomic mass is 10.6. The molecule has 0 aromatic carbocycles. The van der Waals surface area contributed by atoms with Gasteiger partial charge in [0.25, 0.3) is 0 Å². The summed E-state index contributed by atoms with van der Waals surface area (Å²) in [5, 5.41) is 0. The summed E-state index contributed by atoms with van der Waals surface area (Å²) >= 11 is 1.90. The molecule has 0 aliphatic heterocycles. The highest BCUT2D eigenvalue weighted by atomic mass is 32.2. The second-order valence-corrected chi connectivity index (χ2v) is 2.34. The van der Waals surface area contributed by atoms with Gasteiger partial charge in [0, 0.05) is 0 Å². The van der Waals surface area contributed by atoms with E-state index in [9.17, 15) is 0 Å². The number of hydrogen-bond donors (Lipinski definition) is 0. The highest BCUT2D eigenvalue weighted by molar-refractivity contribution is 7.99. The van der Waals surface area contributed by atoms with Crippen LogP contribution in [0, 0.1) is 6.92 Å². The molecule has 0 aromatic rings. The molecule has 0 saturated carbocycles. The molecule has 37 valence electrons. The maximum Gasteiger partial charge on any atom is -0.00672 e. The third kappa shape index (κ3) is 4.35. The van der Waals surface area contributed by atoms with Gasteiger partial charge in [-0.3, -0.25) is 0 Å². The van der Waals surface area contributed by atoms with Gasteiger partial charge in [-0.25, -0.2) is 0 Å². The molecule has 0 aliphatic rings. The first-order valence-electron chi connectivity index (χ1n) is 2.28. The van der Waals surface area contributed by atoms with E-state index < -0.39 is 0 Å². The first-order valence-corrected chi connectivity index (χ1v) is 3.44. The summed E-state index contributed by atoms with van der Waals surface area (Å²) in [6.45, 7) is 5.87. The molecule has 1 radical (unpaired) electrons. The average Bonchev–Trinajstić information content (AvgIpc) is 1.61. The summed E-state index contributed by atoms with van der Waals surface area (Å²) in [5.74, 6) is 2.29. The van der Waals surface area contributed by atoms with Crippen molar-refractivity contribution in [3.05, 3.63) is 6.92 Å². The van der Waals surface area contributed by atoms with E-state index >= 15 is 0 Å². The van der Waals surface area contributed by atoms with Crippen molar-refractivity contribution in [1.82, 2.24) is 0 Å². The van der Waals surface area contributed by atoms with Gasteiger partial charge in [0.2, 0.25) is 0 Å². The van der Waals surface area contributed by atoms with Gasteiger partial charge in [-0.15, -0.1) is 0 Å². The third-order valence-corrected chi connectivity index (χ3v) is 1.48. The second-order valence-electron chi connectivity index (χ2n) is 1.11. The van der Waals surface area contributed by atoms with Crippen LogP contribution in [-0.4, -0.2) is 11.5 Å². The smallest absolute Gasteiger partial charge is 0.00672 e. The minimum Gasteiger partial charge on any atom is -0.162 e. The predicted molar refractivity (Wildman–Crippen MR) is 33.0 cm³/mol. The van der Waals surface area contributed by atoms with Gasteiger partial charge in [0.15, 0.2) is 0 Å². The van der Waals surface area contributed by atoms with Crippen LogP contribution in [0.3, 0.4) is 0 Å². The SMILES string of the molecule is [CH2]CSCCC. The standard InChI is InChI=1S/C5H11S/c1-3-5-6-4-2/h2-5H2,1H3. The zero-order chi connectivity index (χ0) is 4.83. The molecule has 0 bridgehead atoms. The number of hydrogen-bond acceptors (Lipinski definition) is 1. The van der Waals surface area contributed by atoms with Crippen LogP contribution in [0.5, 0.6) is 0 Å². The van der Waals surface area contributed by atoms with E-state index in [2.05, 4.69) is 13.8 Å². The van der Waals surface area contributed by atoms with Crippen molar-refractivity contribution >= 4 is 11.8 Å². The lowest BCUT2D eigenvalue weighted by Gasteiger charge is -1.86. The largest absolute Gasteiger partial charge is 0.162 e. The van der Waals surface area contributed by atoms with E-state index in [0.717, 1.165) is 5.75 Å². The molecule has 0 spiro atoms. The first kappa shape index (κ1) is 6.35. The Labute approximate surface area is 44.3 Å². The van der Waals surface area contributed by atoms with Crippen molar-refractivity contribution in [3.63, 3.8) is 0 Å². The molecule has 0 unspecified atom stereocenters. The fourth-order valence-corrected chi connectivity index (χ4v) is 0.739. The van der Waals surface area contributed by atoms with Gasteiger partial charge in [-0.2, -0.15) is 11.8 Å². The van der Waals surface area contributed by atoms with Crippen LogP contribution in [0.4, 0.5) is 0 Å². The fraction of sp³-hybridized carbons (Fsp3) is 0.800. The van der Waals surface area contributed by atoms with E-state index in [1.54, 1.807) is 0 Å². The average molecular weight is 103 g/mol. The molecule has 0 N–H and O–H groups in total. The van der Waals surface area contributed by atoms with Crippen molar-refractivity contribution in [3.8, 4) is 0 Å². The highest BCUT2D eigenvalue weighted by Gasteiger charge is 1.75. The van der Waals surface area contributed by atoms with Gasteiger partial charge < -0.3 is 0 Å². The van der Waals surface area contributed by atoms with E-state index in [-0.39, 0.29) is 0 Å². The van der Waals surface area contributed by atoms with Crippen LogP contribution >= 0.6 is 11.8 Å². The molecule has 1 heteroatoms. The van der Waals surface area contributed by atoms with Gasteiger partial charge in [-0.1, -0.05) is 6.92 Å². The van der Waals surface area contributed by atoms with Gasteiger partial charge in [0.05, 0.1) is 0 Å². The lowest BCUT2D eigenvalue weighted by Crippen LogP contribution is -1.72. The normalized spacial score (nSPS) is 9.00. The topological polar surface area (TPSA) is 0 Å². The third-order valence-electron chi connectivity index (χ3n) is 0.493. The molecule has 0 aromatic heterocycles. The van der Waals surface area contributed by atoms with Crippen molar-refractivity contribution < 1.29 is 0 Å². The maximum absolute atomic E-state index is 3.69. The summed E-state index contributed by atoms with van der Waals surface area (Å²) in [6, 6.07) is 0. The quantitative estimate of drug-likeness (QED) is 0.492.